The highest BCUT2D eigenvalue weighted by Gasteiger charge is 2.27. The zero-order valence-corrected chi connectivity index (χ0v) is 11.8. The van der Waals surface area contributed by atoms with E-state index >= 15 is 0 Å². The zero-order chi connectivity index (χ0) is 13.9. The standard InChI is InChI=1S/C16H23NO2/c1-16(2)8-6-12(7-9-16)10-15(19)17-13-4-3-5-14(18)11-13/h3-5,11-12,18H,6-10H2,1-2H3,(H,17,19). The van der Waals surface area contributed by atoms with Crippen LogP contribution in [0.3, 0.4) is 0 Å². The second-order valence-corrected chi connectivity index (χ2v) is 6.41. The first kappa shape index (κ1) is 13.9. The molecule has 3 nitrogen and oxygen atoms in total. The molecular weight excluding hydrogens is 238 g/mol. The molecule has 0 heterocycles. The number of carbonyl (C=O) groups is 1. The lowest BCUT2D eigenvalue weighted by Crippen LogP contribution is -2.24. The first-order valence-corrected chi connectivity index (χ1v) is 7.03. The van der Waals surface area contributed by atoms with Crippen LogP contribution in [0.1, 0.15) is 46.0 Å². The van der Waals surface area contributed by atoms with Crippen LogP contribution in [0.25, 0.3) is 0 Å². The molecule has 2 N–H and O–H groups in total. The van der Waals surface area contributed by atoms with Gasteiger partial charge in [0.05, 0.1) is 0 Å². The summed E-state index contributed by atoms with van der Waals surface area (Å²) in [6.07, 6.45) is 5.28. The Morgan fingerprint density at radius 2 is 2.05 bits per heavy atom. The average Bonchev–Trinajstić information content (AvgIpc) is 2.32. The summed E-state index contributed by atoms with van der Waals surface area (Å²) in [4.78, 5) is 12.0. The van der Waals surface area contributed by atoms with Crippen molar-refractivity contribution in [2.45, 2.75) is 46.0 Å². The summed E-state index contributed by atoms with van der Waals surface area (Å²) in [6.45, 7) is 4.60. The van der Waals surface area contributed by atoms with E-state index in [-0.39, 0.29) is 11.7 Å². The number of hydrogen-bond donors (Lipinski definition) is 2. The Kier molecular flexibility index (Phi) is 4.13. The molecule has 0 bridgehead atoms. The fourth-order valence-corrected chi connectivity index (χ4v) is 2.72. The van der Waals surface area contributed by atoms with Gasteiger partial charge in [0.15, 0.2) is 0 Å². The van der Waals surface area contributed by atoms with E-state index in [9.17, 15) is 9.90 Å². The topological polar surface area (TPSA) is 49.3 Å². The third kappa shape index (κ3) is 4.27. The average molecular weight is 261 g/mol. The lowest BCUT2D eigenvalue weighted by molar-refractivity contribution is -0.117. The van der Waals surface area contributed by atoms with E-state index in [1.807, 2.05) is 0 Å². The van der Waals surface area contributed by atoms with Crippen LogP contribution in [0.2, 0.25) is 0 Å². The van der Waals surface area contributed by atoms with Crippen LogP contribution in [-0.4, -0.2) is 11.0 Å². The van der Waals surface area contributed by atoms with Crippen LogP contribution >= 0.6 is 0 Å². The number of amides is 1. The highest BCUT2D eigenvalue weighted by Crippen LogP contribution is 2.39. The first-order valence-electron chi connectivity index (χ1n) is 7.03. The highest BCUT2D eigenvalue weighted by molar-refractivity contribution is 5.91. The molecule has 1 saturated carbocycles. The number of anilines is 1. The van der Waals surface area contributed by atoms with Crippen LogP contribution in [0.5, 0.6) is 5.75 Å². The van der Waals surface area contributed by atoms with E-state index in [1.165, 1.54) is 12.8 Å². The summed E-state index contributed by atoms with van der Waals surface area (Å²) in [7, 11) is 0. The summed E-state index contributed by atoms with van der Waals surface area (Å²) in [5.41, 5.74) is 1.11. The summed E-state index contributed by atoms with van der Waals surface area (Å²) in [6, 6.07) is 6.69. The molecule has 0 radical (unpaired) electrons. The molecule has 3 heteroatoms. The minimum atomic E-state index is 0.0512. The Morgan fingerprint density at radius 1 is 1.37 bits per heavy atom. The first-order chi connectivity index (χ1) is 8.94. The number of carbonyl (C=O) groups excluding carboxylic acids is 1. The van der Waals surface area contributed by atoms with Crippen molar-refractivity contribution in [3.63, 3.8) is 0 Å². The third-order valence-corrected chi connectivity index (χ3v) is 4.06. The maximum absolute atomic E-state index is 12.0. The fourth-order valence-electron chi connectivity index (χ4n) is 2.72. The Bertz CT molecular complexity index is 444. The molecule has 1 aliphatic carbocycles. The van der Waals surface area contributed by atoms with Gasteiger partial charge in [-0.3, -0.25) is 4.79 Å². The van der Waals surface area contributed by atoms with Gasteiger partial charge in [-0.25, -0.2) is 0 Å². The van der Waals surface area contributed by atoms with Gasteiger partial charge >= 0.3 is 0 Å². The van der Waals surface area contributed by atoms with Gasteiger partial charge in [0.1, 0.15) is 5.75 Å². The largest absolute Gasteiger partial charge is 0.508 e. The van der Waals surface area contributed by atoms with E-state index < -0.39 is 0 Å². The Hall–Kier alpha value is -1.51. The van der Waals surface area contributed by atoms with Crippen LogP contribution < -0.4 is 5.32 Å². The van der Waals surface area contributed by atoms with Crippen LogP contribution in [0.15, 0.2) is 24.3 Å². The van der Waals surface area contributed by atoms with Crippen molar-refractivity contribution in [2.75, 3.05) is 5.32 Å². The molecule has 104 valence electrons. The molecule has 1 aromatic rings. The van der Waals surface area contributed by atoms with E-state index in [1.54, 1.807) is 24.3 Å². The zero-order valence-electron chi connectivity index (χ0n) is 11.8. The van der Waals surface area contributed by atoms with Gasteiger partial charge in [0.25, 0.3) is 0 Å². The Morgan fingerprint density at radius 3 is 2.68 bits per heavy atom. The van der Waals surface area contributed by atoms with Gasteiger partial charge in [-0.15, -0.1) is 0 Å². The highest BCUT2D eigenvalue weighted by atomic mass is 16.3. The minimum Gasteiger partial charge on any atom is -0.508 e. The molecule has 0 aromatic heterocycles. The molecule has 0 aliphatic heterocycles. The smallest absolute Gasteiger partial charge is 0.224 e. The number of hydrogen-bond acceptors (Lipinski definition) is 2. The molecule has 1 aromatic carbocycles. The molecule has 19 heavy (non-hydrogen) atoms. The van der Waals surface area contributed by atoms with Gasteiger partial charge < -0.3 is 10.4 Å². The second kappa shape index (κ2) is 5.64. The maximum Gasteiger partial charge on any atom is 0.224 e. The van der Waals surface area contributed by atoms with Crippen LogP contribution in [0, 0.1) is 11.3 Å². The number of nitrogens with one attached hydrogen (secondary N) is 1. The number of phenols is 1. The summed E-state index contributed by atoms with van der Waals surface area (Å²) < 4.78 is 0. The van der Waals surface area contributed by atoms with Crippen molar-refractivity contribution in [1.82, 2.24) is 0 Å². The lowest BCUT2D eigenvalue weighted by atomic mass is 9.72. The molecule has 0 saturated heterocycles. The maximum atomic E-state index is 12.0. The van der Waals surface area contributed by atoms with E-state index in [4.69, 9.17) is 0 Å². The number of rotatable bonds is 3. The molecule has 0 unspecified atom stereocenters. The molecule has 1 aliphatic rings. The van der Waals surface area contributed by atoms with Crippen molar-refractivity contribution in [1.29, 1.82) is 0 Å². The molecule has 0 spiro atoms. The summed E-state index contributed by atoms with van der Waals surface area (Å²) in [5, 5.41) is 12.2. The van der Waals surface area contributed by atoms with Crippen molar-refractivity contribution in [2.24, 2.45) is 11.3 Å². The van der Waals surface area contributed by atoms with Gasteiger partial charge in [0.2, 0.25) is 5.91 Å². The third-order valence-electron chi connectivity index (χ3n) is 4.06. The summed E-state index contributed by atoms with van der Waals surface area (Å²) >= 11 is 0. The van der Waals surface area contributed by atoms with Crippen molar-refractivity contribution in [3.8, 4) is 5.75 Å². The molecule has 2 rings (SSSR count). The van der Waals surface area contributed by atoms with Gasteiger partial charge in [0, 0.05) is 18.2 Å². The SMILES string of the molecule is CC1(C)CCC(CC(=O)Nc2cccc(O)c2)CC1. The Balaban J connectivity index is 1.82. The normalized spacial score (nSPS) is 19.1. The quantitative estimate of drug-likeness (QED) is 0.866. The predicted octanol–water partition coefficient (Wildman–Crippen LogP) is 3.94. The number of benzene rings is 1. The van der Waals surface area contributed by atoms with Gasteiger partial charge in [-0.2, -0.15) is 0 Å². The van der Waals surface area contributed by atoms with E-state index in [2.05, 4.69) is 19.2 Å². The fraction of sp³-hybridized carbons (Fsp3) is 0.562. The summed E-state index contributed by atoms with van der Waals surface area (Å²) in [5.74, 6) is 0.734. The van der Waals surface area contributed by atoms with E-state index in [0.29, 0.717) is 23.4 Å². The predicted molar refractivity (Wildman–Crippen MR) is 77.1 cm³/mol. The number of phenolic OH excluding ortho intramolecular Hbond substituents is 1. The van der Waals surface area contributed by atoms with Crippen molar-refractivity contribution in [3.05, 3.63) is 24.3 Å². The van der Waals surface area contributed by atoms with Gasteiger partial charge in [-0.05, 0) is 49.1 Å². The van der Waals surface area contributed by atoms with Crippen LogP contribution in [0.4, 0.5) is 5.69 Å². The van der Waals surface area contributed by atoms with Crippen molar-refractivity contribution >= 4 is 11.6 Å². The second-order valence-electron chi connectivity index (χ2n) is 6.41. The molecular formula is C16H23NO2. The van der Waals surface area contributed by atoms with Crippen molar-refractivity contribution < 1.29 is 9.90 Å². The van der Waals surface area contributed by atoms with Gasteiger partial charge in [-0.1, -0.05) is 19.9 Å². The minimum absolute atomic E-state index is 0.0512. The monoisotopic (exact) mass is 261 g/mol. The van der Waals surface area contributed by atoms with Crippen LogP contribution in [-0.2, 0) is 4.79 Å². The van der Waals surface area contributed by atoms with E-state index in [0.717, 1.165) is 12.8 Å². The molecule has 1 fully saturated rings. The Labute approximate surface area is 115 Å². The lowest BCUT2D eigenvalue weighted by Gasteiger charge is -2.34. The number of aromatic hydroxyl groups is 1. The molecule has 1 amide bonds. The molecule has 0 atom stereocenters.